The van der Waals surface area contributed by atoms with Crippen molar-refractivity contribution >= 4 is 11.6 Å². The Hall–Kier alpha value is -3.29. The summed E-state index contributed by atoms with van der Waals surface area (Å²) in [5.74, 6) is 3.96. The minimum absolute atomic E-state index is 0.183. The van der Waals surface area contributed by atoms with Gasteiger partial charge in [-0.25, -0.2) is 0 Å². The summed E-state index contributed by atoms with van der Waals surface area (Å²) in [4.78, 5) is 4.30. The Morgan fingerprint density at radius 3 is 2.23 bits per heavy atom. The lowest BCUT2D eigenvalue weighted by Gasteiger charge is -2.17. The number of ether oxygens (including phenoxy) is 5. The fourth-order valence-electron chi connectivity index (χ4n) is 3.46. The second-order valence-corrected chi connectivity index (χ2v) is 6.87. The normalized spacial score (nSPS) is 15.1. The van der Waals surface area contributed by atoms with E-state index in [-0.39, 0.29) is 6.10 Å². The Morgan fingerprint density at radius 2 is 1.67 bits per heavy atom. The van der Waals surface area contributed by atoms with Gasteiger partial charge >= 0.3 is 0 Å². The van der Waals surface area contributed by atoms with Gasteiger partial charge in [0, 0.05) is 49.0 Å². The molecule has 0 fully saturated rings. The first-order valence-electron chi connectivity index (χ1n) is 9.67. The van der Waals surface area contributed by atoms with Crippen LogP contribution < -0.4 is 34.3 Å². The monoisotopic (exact) mass is 415 g/mol. The molecule has 162 valence electrons. The molecule has 2 N–H and O–H groups in total. The number of anilines is 1. The Kier molecular flexibility index (Phi) is 6.76. The summed E-state index contributed by atoms with van der Waals surface area (Å²) in [5, 5.41) is 6.55. The Labute approximate surface area is 177 Å². The maximum absolute atomic E-state index is 5.88. The molecule has 0 saturated carbocycles. The van der Waals surface area contributed by atoms with E-state index < -0.39 is 0 Å². The molecule has 0 radical (unpaired) electrons. The van der Waals surface area contributed by atoms with E-state index in [0.29, 0.717) is 29.8 Å². The number of nitrogens with zero attached hydrogens (tertiary/aromatic N) is 1. The highest BCUT2D eigenvalue weighted by Gasteiger charge is 2.22. The molecule has 0 aliphatic carbocycles. The van der Waals surface area contributed by atoms with E-state index in [1.165, 1.54) is 5.56 Å². The van der Waals surface area contributed by atoms with E-state index in [2.05, 4.69) is 22.5 Å². The fourth-order valence-corrected chi connectivity index (χ4v) is 3.46. The molecule has 0 bridgehead atoms. The average molecular weight is 415 g/mol. The lowest BCUT2D eigenvalue weighted by molar-refractivity contribution is 0.254. The maximum atomic E-state index is 5.88. The molecule has 0 aromatic heterocycles. The van der Waals surface area contributed by atoms with Gasteiger partial charge in [0.05, 0.1) is 28.4 Å². The van der Waals surface area contributed by atoms with Crippen molar-refractivity contribution in [2.24, 2.45) is 4.99 Å². The minimum atomic E-state index is 0.183. The molecule has 2 aromatic carbocycles. The first-order chi connectivity index (χ1) is 14.5. The number of fused-ring (bicyclic) bond motifs is 1. The van der Waals surface area contributed by atoms with E-state index in [1.807, 2.05) is 24.3 Å². The van der Waals surface area contributed by atoms with Crippen molar-refractivity contribution < 1.29 is 23.7 Å². The van der Waals surface area contributed by atoms with Crippen LogP contribution in [0.3, 0.4) is 0 Å². The molecule has 1 aliphatic heterocycles. The van der Waals surface area contributed by atoms with Crippen molar-refractivity contribution in [1.82, 2.24) is 5.32 Å². The van der Waals surface area contributed by atoms with Crippen LogP contribution in [0.5, 0.6) is 28.7 Å². The van der Waals surface area contributed by atoms with Crippen molar-refractivity contribution in [3.63, 3.8) is 0 Å². The molecule has 0 saturated heterocycles. The Bertz CT molecular complexity index is 904. The smallest absolute Gasteiger partial charge is 0.203 e. The summed E-state index contributed by atoms with van der Waals surface area (Å²) in [5.41, 5.74) is 2.90. The molecule has 2 aromatic rings. The van der Waals surface area contributed by atoms with Gasteiger partial charge in [-0.2, -0.15) is 0 Å². The molecule has 0 amide bonds. The molecule has 30 heavy (non-hydrogen) atoms. The highest BCUT2D eigenvalue weighted by Crippen LogP contribution is 2.40. The van der Waals surface area contributed by atoms with Crippen LogP contribution in [0, 0.1) is 0 Å². The molecule has 8 heteroatoms. The minimum Gasteiger partial charge on any atom is -0.496 e. The van der Waals surface area contributed by atoms with E-state index in [9.17, 15) is 0 Å². The summed E-state index contributed by atoms with van der Waals surface area (Å²) in [6.07, 6.45) is 1.08. The van der Waals surface area contributed by atoms with Crippen LogP contribution in [0.4, 0.5) is 5.69 Å². The molecule has 3 rings (SSSR count). The number of rotatable bonds is 7. The van der Waals surface area contributed by atoms with Gasteiger partial charge in [-0.3, -0.25) is 4.99 Å². The van der Waals surface area contributed by atoms with Crippen LogP contribution >= 0.6 is 0 Å². The fraction of sp³-hybridized carbons (Fsp3) is 0.409. The number of aliphatic imine (C=N–C) groups is 1. The van der Waals surface area contributed by atoms with Gasteiger partial charge in [0.25, 0.3) is 0 Å². The van der Waals surface area contributed by atoms with E-state index in [4.69, 9.17) is 23.7 Å². The lowest BCUT2D eigenvalue weighted by Crippen LogP contribution is -2.30. The Morgan fingerprint density at radius 1 is 1.00 bits per heavy atom. The number of methoxy groups -OCH3 is 4. The SMILES string of the molecule is CN=C(NCc1cc2c(cc1OC)CC(C)O2)Nc1cc(OC)c(OC)c(OC)c1. The van der Waals surface area contributed by atoms with Gasteiger partial charge in [-0.15, -0.1) is 0 Å². The zero-order valence-electron chi connectivity index (χ0n) is 18.3. The van der Waals surface area contributed by atoms with Gasteiger partial charge in [-0.1, -0.05) is 0 Å². The molecule has 8 nitrogen and oxygen atoms in total. The van der Waals surface area contributed by atoms with Crippen molar-refractivity contribution in [3.8, 4) is 28.7 Å². The van der Waals surface area contributed by atoms with Gasteiger partial charge in [-0.05, 0) is 19.1 Å². The second-order valence-electron chi connectivity index (χ2n) is 6.87. The first kappa shape index (κ1) is 21.4. The van der Waals surface area contributed by atoms with E-state index in [1.54, 1.807) is 35.5 Å². The summed E-state index contributed by atoms with van der Waals surface area (Å²) in [6.45, 7) is 2.58. The zero-order chi connectivity index (χ0) is 21.7. The lowest BCUT2D eigenvalue weighted by atomic mass is 10.1. The predicted molar refractivity (Wildman–Crippen MR) is 117 cm³/mol. The standard InChI is InChI=1S/C22H29N3O5/c1-13-7-14-8-17(26-3)15(9-18(14)30-13)12-24-22(23-2)25-16-10-19(27-4)21(29-6)20(11-16)28-5/h8-11,13H,7,12H2,1-6H3,(H2,23,24,25). The third-order valence-corrected chi connectivity index (χ3v) is 4.90. The van der Waals surface area contributed by atoms with Crippen LogP contribution in [0.1, 0.15) is 18.1 Å². The summed E-state index contributed by atoms with van der Waals surface area (Å²) >= 11 is 0. The zero-order valence-corrected chi connectivity index (χ0v) is 18.3. The summed E-state index contributed by atoms with van der Waals surface area (Å²) in [6, 6.07) is 7.71. The van der Waals surface area contributed by atoms with Gasteiger partial charge in [0.2, 0.25) is 5.75 Å². The topological polar surface area (TPSA) is 82.6 Å². The van der Waals surface area contributed by atoms with Crippen molar-refractivity contribution in [1.29, 1.82) is 0 Å². The van der Waals surface area contributed by atoms with Crippen LogP contribution in [-0.4, -0.2) is 47.6 Å². The summed E-state index contributed by atoms with van der Waals surface area (Å²) in [7, 11) is 8.11. The number of hydrogen-bond acceptors (Lipinski definition) is 6. The number of benzene rings is 2. The van der Waals surface area contributed by atoms with Crippen LogP contribution in [0.2, 0.25) is 0 Å². The molecular formula is C22H29N3O5. The second kappa shape index (κ2) is 9.47. The van der Waals surface area contributed by atoms with Crippen LogP contribution in [-0.2, 0) is 13.0 Å². The molecule has 1 unspecified atom stereocenters. The third kappa shape index (κ3) is 4.48. The van der Waals surface area contributed by atoms with E-state index >= 15 is 0 Å². The largest absolute Gasteiger partial charge is 0.496 e. The highest BCUT2D eigenvalue weighted by atomic mass is 16.5. The van der Waals surface area contributed by atoms with Crippen molar-refractivity contribution in [2.45, 2.75) is 26.0 Å². The number of guanidine groups is 1. The van der Waals surface area contributed by atoms with Gasteiger partial charge in [0.15, 0.2) is 17.5 Å². The first-order valence-corrected chi connectivity index (χ1v) is 9.67. The molecule has 1 atom stereocenters. The molecule has 1 heterocycles. The Balaban J connectivity index is 1.76. The predicted octanol–water partition coefficient (Wildman–Crippen LogP) is 3.23. The van der Waals surface area contributed by atoms with Crippen molar-refractivity contribution in [2.75, 3.05) is 40.8 Å². The van der Waals surface area contributed by atoms with E-state index in [0.717, 1.165) is 29.2 Å². The number of nitrogens with one attached hydrogen (secondary N) is 2. The quantitative estimate of drug-likeness (QED) is 0.531. The van der Waals surface area contributed by atoms with Gasteiger partial charge < -0.3 is 34.3 Å². The van der Waals surface area contributed by atoms with Crippen molar-refractivity contribution in [3.05, 3.63) is 35.4 Å². The number of hydrogen-bond donors (Lipinski definition) is 2. The van der Waals surface area contributed by atoms with Crippen LogP contribution in [0.25, 0.3) is 0 Å². The molecular weight excluding hydrogens is 386 g/mol. The third-order valence-electron chi connectivity index (χ3n) is 4.90. The highest BCUT2D eigenvalue weighted by molar-refractivity contribution is 5.94. The summed E-state index contributed by atoms with van der Waals surface area (Å²) < 4.78 is 27.6. The molecule has 0 spiro atoms. The average Bonchev–Trinajstić information content (AvgIpc) is 3.13. The molecule has 1 aliphatic rings. The maximum Gasteiger partial charge on any atom is 0.203 e. The van der Waals surface area contributed by atoms with Crippen LogP contribution in [0.15, 0.2) is 29.3 Å². The van der Waals surface area contributed by atoms with Gasteiger partial charge in [0.1, 0.15) is 17.6 Å².